The monoisotopic (exact) mass is 342 g/mol. The predicted octanol–water partition coefficient (Wildman–Crippen LogP) is 2.18. The maximum atomic E-state index is 12.5. The molecule has 0 saturated heterocycles. The minimum atomic E-state index is -1.13. The predicted molar refractivity (Wildman–Crippen MR) is 95.3 cm³/mol. The Hall–Kier alpha value is -2.89. The number of carbonyl (C=O) groups is 3. The van der Waals surface area contributed by atoms with Crippen molar-refractivity contribution in [3.05, 3.63) is 48.0 Å². The maximum Gasteiger partial charge on any atom is 0.325 e. The van der Waals surface area contributed by atoms with Gasteiger partial charge in [-0.2, -0.15) is 0 Å². The molecule has 0 aliphatic carbocycles. The quantitative estimate of drug-likeness (QED) is 0.750. The number of hydrogen-bond acceptors (Lipinski definition) is 3. The molecule has 132 valence electrons. The Balaban J connectivity index is 2.15. The molecule has 2 aromatic carbocycles. The van der Waals surface area contributed by atoms with Gasteiger partial charge in [-0.25, -0.2) is 0 Å². The van der Waals surface area contributed by atoms with Crippen LogP contribution in [-0.2, 0) is 9.59 Å². The highest BCUT2D eigenvalue weighted by molar-refractivity contribution is 6.01. The standard InChI is InChI=1S/C19H22N2O4/c1-11(2)16(18(23)20-12(3)19(24)25)21-17(22)15-9-8-13-6-4-5-7-14(13)10-15/h4-12,16H,1-3H3,(H,20,23)(H,21,22)(H,24,25)/t12-,16-/m0/s1. The Morgan fingerprint density at radius 2 is 1.56 bits per heavy atom. The third kappa shape index (κ3) is 4.56. The van der Waals surface area contributed by atoms with Gasteiger partial charge in [0.05, 0.1) is 0 Å². The van der Waals surface area contributed by atoms with Crippen molar-refractivity contribution in [2.24, 2.45) is 5.92 Å². The van der Waals surface area contributed by atoms with E-state index in [1.807, 2.05) is 30.3 Å². The van der Waals surface area contributed by atoms with Gasteiger partial charge in [0.15, 0.2) is 0 Å². The molecule has 2 amide bonds. The minimum absolute atomic E-state index is 0.189. The van der Waals surface area contributed by atoms with Crippen LogP contribution >= 0.6 is 0 Å². The summed E-state index contributed by atoms with van der Waals surface area (Å²) in [7, 11) is 0. The molecule has 2 aromatic rings. The van der Waals surface area contributed by atoms with Gasteiger partial charge in [-0.05, 0) is 35.7 Å². The fourth-order valence-corrected chi connectivity index (χ4v) is 2.45. The summed E-state index contributed by atoms with van der Waals surface area (Å²) in [5.41, 5.74) is 0.448. The SMILES string of the molecule is CC(C)[C@H](NC(=O)c1ccc2ccccc2c1)C(=O)N[C@@H](C)C(=O)O. The van der Waals surface area contributed by atoms with Crippen molar-refractivity contribution in [3.63, 3.8) is 0 Å². The molecular formula is C19H22N2O4. The van der Waals surface area contributed by atoms with E-state index in [1.54, 1.807) is 26.0 Å². The Kier molecular flexibility index (Phi) is 5.75. The highest BCUT2D eigenvalue weighted by atomic mass is 16.4. The van der Waals surface area contributed by atoms with Crippen molar-refractivity contribution in [1.82, 2.24) is 10.6 Å². The summed E-state index contributed by atoms with van der Waals surface area (Å²) < 4.78 is 0. The largest absolute Gasteiger partial charge is 0.480 e. The van der Waals surface area contributed by atoms with Gasteiger partial charge in [0.2, 0.25) is 5.91 Å². The summed E-state index contributed by atoms with van der Waals surface area (Å²) in [4.78, 5) is 35.7. The van der Waals surface area contributed by atoms with E-state index in [0.717, 1.165) is 10.8 Å². The summed E-state index contributed by atoms with van der Waals surface area (Å²) in [6, 6.07) is 11.1. The third-order valence-corrected chi connectivity index (χ3v) is 3.98. The molecule has 0 heterocycles. The van der Waals surface area contributed by atoms with Crippen molar-refractivity contribution in [1.29, 1.82) is 0 Å². The van der Waals surface area contributed by atoms with Gasteiger partial charge in [0.1, 0.15) is 12.1 Å². The molecule has 0 saturated carbocycles. The zero-order chi connectivity index (χ0) is 18.6. The Morgan fingerprint density at radius 1 is 0.920 bits per heavy atom. The number of aliphatic carboxylic acids is 1. The van der Waals surface area contributed by atoms with Crippen LogP contribution in [0.4, 0.5) is 0 Å². The van der Waals surface area contributed by atoms with Gasteiger partial charge >= 0.3 is 5.97 Å². The summed E-state index contributed by atoms with van der Waals surface area (Å²) in [5, 5.41) is 16.0. The molecule has 6 nitrogen and oxygen atoms in total. The van der Waals surface area contributed by atoms with Gasteiger partial charge in [0, 0.05) is 5.56 Å². The lowest BCUT2D eigenvalue weighted by Gasteiger charge is -2.23. The highest BCUT2D eigenvalue weighted by Gasteiger charge is 2.27. The van der Waals surface area contributed by atoms with Crippen molar-refractivity contribution in [2.75, 3.05) is 0 Å². The number of nitrogens with one attached hydrogen (secondary N) is 2. The number of amides is 2. The van der Waals surface area contributed by atoms with E-state index < -0.39 is 24.0 Å². The lowest BCUT2D eigenvalue weighted by atomic mass is 10.0. The molecule has 3 N–H and O–H groups in total. The number of carbonyl (C=O) groups excluding carboxylic acids is 2. The second kappa shape index (κ2) is 7.79. The van der Waals surface area contributed by atoms with Crippen LogP contribution in [0.2, 0.25) is 0 Å². The summed E-state index contributed by atoms with van der Waals surface area (Å²) in [5.74, 6) is -2.20. The van der Waals surface area contributed by atoms with E-state index in [4.69, 9.17) is 5.11 Å². The van der Waals surface area contributed by atoms with Gasteiger partial charge in [-0.3, -0.25) is 14.4 Å². The van der Waals surface area contributed by atoms with Crippen molar-refractivity contribution >= 4 is 28.6 Å². The van der Waals surface area contributed by atoms with Crippen LogP contribution in [-0.4, -0.2) is 35.0 Å². The molecule has 0 unspecified atom stereocenters. The lowest BCUT2D eigenvalue weighted by molar-refractivity contribution is -0.141. The number of fused-ring (bicyclic) bond motifs is 1. The molecule has 25 heavy (non-hydrogen) atoms. The number of rotatable bonds is 6. The van der Waals surface area contributed by atoms with Gasteiger partial charge in [-0.1, -0.05) is 44.2 Å². The summed E-state index contributed by atoms with van der Waals surface area (Å²) in [6.07, 6.45) is 0. The first-order valence-electron chi connectivity index (χ1n) is 8.12. The van der Waals surface area contributed by atoms with Crippen molar-refractivity contribution in [2.45, 2.75) is 32.9 Å². The average Bonchev–Trinajstić information content (AvgIpc) is 2.58. The fraction of sp³-hybridized carbons (Fsp3) is 0.316. The maximum absolute atomic E-state index is 12.5. The number of carboxylic acid groups (broad SMARTS) is 1. The van der Waals surface area contributed by atoms with Gasteiger partial charge in [0.25, 0.3) is 5.91 Å². The molecule has 2 atom stereocenters. The normalized spacial score (nSPS) is 13.3. The molecular weight excluding hydrogens is 320 g/mol. The zero-order valence-electron chi connectivity index (χ0n) is 14.4. The van der Waals surface area contributed by atoms with E-state index in [2.05, 4.69) is 10.6 Å². The first-order chi connectivity index (χ1) is 11.8. The Morgan fingerprint density at radius 3 is 2.16 bits per heavy atom. The fourth-order valence-electron chi connectivity index (χ4n) is 2.45. The second-order valence-electron chi connectivity index (χ2n) is 6.33. The zero-order valence-corrected chi connectivity index (χ0v) is 14.4. The molecule has 6 heteroatoms. The van der Waals surface area contributed by atoms with Crippen LogP contribution in [0.1, 0.15) is 31.1 Å². The van der Waals surface area contributed by atoms with Crippen LogP contribution in [0, 0.1) is 5.92 Å². The lowest BCUT2D eigenvalue weighted by Crippen LogP contribution is -2.53. The highest BCUT2D eigenvalue weighted by Crippen LogP contribution is 2.16. The smallest absolute Gasteiger partial charge is 0.325 e. The molecule has 0 bridgehead atoms. The van der Waals surface area contributed by atoms with Crippen LogP contribution in [0.25, 0.3) is 10.8 Å². The van der Waals surface area contributed by atoms with Crippen LogP contribution < -0.4 is 10.6 Å². The topological polar surface area (TPSA) is 95.5 Å². The van der Waals surface area contributed by atoms with E-state index in [0.29, 0.717) is 5.56 Å². The summed E-state index contributed by atoms with van der Waals surface area (Å²) >= 11 is 0. The molecule has 0 aliphatic rings. The Labute approximate surface area is 146 Å². The van der Waals surface area contributed by atoms with E-state index in [1.165, 1.54) is 6.92 Å². The molecule has 0 spiro atoms. The molecule has 2 rings (SSSR count). The van der Waals surface area contributed by atoms with E-state index >= 15 is 0 Å². The van der Waals surface area contributed by atoms with Crippen LogP contribution in [0.15, 0.2) is 42.5 Å². The van der Waals surface area contributed by atoms with Gasteiger partial charge < -0.3 is 15.7 Å². The Bertz CT molecular complexity index is 801. The number of carboxylic acids is 1. The summed E-state index contributed by atoms with van der Waals surface area (Å²) in [6.45, 7) is 4.95. The van der Waals surface area contributed by atoms with Crippen molar-refractivity contribution < 1.29 is 19.5 Å². The first-order valence-corrected chi connectivity index (χ1v) is 8.12. The van der Waals surface area contributed by atoms with Crippen LogP contribution in [0.5, 0.6) is 0 Å². The second-order valence-corrected chi connectivity index (χ2v) is 6.33. The first kappa shape index (κ1) is 18.4. The van der Waals surface area contributed by atoms with Gasteiger partial charge in [-0.15, -0.1) is 0 Å². The van der Waals surface area contributed by atoms with E-state index in [-0.39, 0.29) is 11.8 Å². The molecule has 0 fully saturated rings. The average molecular weight is 342 g/mol. The van der Waals surface area contributed by atoms with Crippen molar-refractivity contribution in [3.8, 4) is 0 Å². The molecule has 0 radical (unpaired) electrons. The molecule has 0 aliphatic heterocycles. The number of benzene rings is 2. The third-order valence-electron chi connectivity index (χ3n) is 3.98. The minimum Gasteiger partial charge on any atom is -0.480 e. The number of hydrogen-bond donors (Lipinski definition) is 3. The molecule has 0 aromatic heterocycles. The van der Waals surface area contributed by atoms with Crippen LogP contribution in [0.3, 0.4) is 0 Å². The van der Waals surface area contributed by atoms with E-state index in [9.17, 15) is 14.4 Å².